The highest BCUT2D eigenvalue weighted by Gasteiger charge is 2.19. The van der Waals surface area contributed by atoms with Crippen LogP contribution in [0.2, 0.25) is 0 Å². The van der Waals surface area contributed by atoms with Gasteiger partial charge >= 0.3 is 0 Å². The summed E-state index contributed by atoms with van der Waals surface area (Å²) < 4.78 is 26.1. The maximum absolute atomic E-state index is 12.5. The number of rotatable bonds is 10. The van der Waals surface area contributed by atoms with Crippen LogP contribution in [0.3, 0.4) is 0 Å². The Morgan fingerprint density at radius 2 is 1.72 bits per heavy atom. The molecule has 0 saturated carbocycles. The number of unbranched alkanes of at least 4 members (excludes halogenated alkanes) is 1. The molecule has 32 heavy (non-hydrogen) atoms. The second-order valence-electron chi connectivity index (χ2n) is 7.30. The number of hydrogen-bond acceptors (Lipinski definition) is 5. The lowest BCUT2D eigenvalue weighted by atomic mass is 10.1. The fourth-order valence-corrected chi connectivity index (χ4v) is 3.72. The van der Waals surface area contributed by atoms with E-state index in [2.05, 4.69) is 22.9 Å². The first kappa shape index (κ1) is 25.1. The molecule has 0 radical (unpaired) electrons. The molecule has 9 heteroatoms. The summed E-state index contributed by atoms with van der Waals surface area (Å²) in [5.41, 5.74) is 2.30. The summed E-state index contributed by atoms with van der Waals surface area (Å²) in [6.45, 7) is 2.77. The molecule has 0 aliphatic carbocycles. The van der Waals surface area contributed by atoms with Gasteiger partial charge in [-0.3, -0.25) is 9.59 Å². The second-order valence-corrected chi connectivity index (χ2v) is 9.45. The van der Waals surface area contributed by atoms with Gasteiger partial charge < -0.3 is 16.0 Å². The Morgan fingerprint density at radius 3 is 2.31 bits per heavy atom. The third-order valence-corrected chi connectivity index (χ3v) is 6.51. The van der Waals surface area contributed by atoms with Crippen molar-refractivity contribution in [3.05, 3.63) is 59.7 Å². The minimum absolute atomic E-state index is 0.0904. The highest BCUT2D eigenvalue weighted by atomic mass is 32.2. The van der Waals surface area contributed by atoms with Crippen LogP contribution in [0.15, 0.2) is 53.4 Å². The van der Waals surface area contributed by atoms with Gasteiger partial charge in [-0.25, -0.2) is 12.7 Å². The molecule has 0 aromatic heterocycles. The lowest BCUT2D eigenvalue weighted by Crippen LogP contribution is -2.22. The number of nitrogens with one attached hydrogen (secondary N) is 3. The molecule has 0 bridgehead atoms. The number of sulfonamides is 1. The van der Waals surface area contributed by atoms with Gasteiger partial charge in [-0.1, -0.05) is 25.5 Å². The number of hydrogen-bond donors (Lipinski definition) is 3. The van der Waals surface area contributed by atoms with E-state index in [-0.39, 0.29) is 10.8 Å². The van der Waals surface area contributed by atoms with Crippen LogP contribution >= 0.6 is 0 Å². The first-order valence-electron chi connectivity index (χ1n) is 10.3. The molecule has 0 heterocycles. The van der Waals surface area contributed by atoms with Gasteiger partial charge in [0.05, 0.1) is 16.3 Å². The van der Waals surface area contributed by atoms with Crippen molar-refractivity contribution in [3.63, 3.8) is 0 Å². The Labute approximate surface area is 189 Å². The molecule has 0 fully saturated rings. The standard InChI is InChI=1S/C23H30N4O4S/c1-5-6-15-25-20-13-12-19(32(30,31)27(3)4)16-21(20)26-22(28)14-9-17-7-10-18(11-8-17)23(29)24-2/h7-14,16,25H,5-6,15H2,1-4H3,(H,24,29)(H,26,28)/b14-9+. The first-order chi connectivity index (χ1) is 15.2. The molecule has 2 rings (SSSR count). The summed E-state index contributed by atoms with van der Waals surface area (Å²) in [7, 11) is 0.833. The molecule has 3 N–H and O–H groups in total. The molecule has 0 atom stereocenters. The van der Waals surface area contributed by atoms with Gasteiger partial charge in [-0.05, 0) is 48.4 Å². The summed E-state index contributed by atoms with van der Waals surface area (Å²) in [5.74, 6) is -0.591. The van der Waals surface area contributed by atoms with Crippen molar-refractivity contribution in [2.24, 2.45) is 0 Å². The van der Waals surface area contributed by atoms with E-state index in [4.69, 9.17) is 0 Å². The van der Waals surface area contributed by atoms with Crippen LogP contribution in [0.25, 0.3) is 6.08 Å². The Morgan fingerprint density at radius 1 is 1.03 bits per heavy atom. The van der Waals surface area contributed by atoms with E-state index in [9.17, 15) is 18.0 Å². The van der Waals surface area contributed by atoms with Crippen LogP contribution in [-0.4, -0.2) is 52.2 Å². The quantitative estimate of drug-likeness (QED) is 0.374. The van der Waals surface area contributed by atoms with E-state index in [1.165, 1.54) is 32.3 Å². The minimum Gasteiger partial charge on any atom is -0.383 e. The Hall–Kier alpha value is -3.17. The normalized spacial score (nSPS) is 11.5. The van der Waals surface area contributed by atoms with E-state index in [0.29, 0.717) is 23.5 Å². The Bertz CT molecular complexity index is 1080. The van der Waals surface area contributed by atoms with Gasteiger partial charge in [0.1, 0.15) is 0 Å². The van der Waals surface area contributed by atoms with Crippen LogP contribution in [-0.2, 0) is 14.8 Å². The van der Waals surface area contributed by atoms with E-state index >= 15 is 0 Å². The monoisotopic (exact) mass is 458 g/mol. The molecule has 2 aromatic rings. The second kappa shape index (κ2) is 11.4. The average molecular weight is 459 g/mol. The van der Waals surface area contributed by atoms with Gasteiger partial charge in [0.25, 0.3) is 5.91 Å². The van der Waals surface area contributed by atoms with Crippen molar-refractivity contribution in [2.45, 2.75) is 24.7 Å². The average Bonchev–Trinajstić information content (AvgIpc) is 2.78. The van der Waals surface area contributed by atoms with Crippen molar-refractivity contribution in [2.75, 3.05) is 38.3 Å². The van der Waals surface area contributed by atoms with E-state index in [0.717, 1.165) is 22.7 Å². The largest absolute Gasteiger partial charge is 0.383 e. The van der Waals surface area contributed by atoms with E-state index < -0.39 is 15.9 Å². The van der Waals surface area contributed by atoms with Crippen LogP contribution in [0, 0.1) is 0 Å². The van der Waals surface area contributed by atoms with Crippen molar-refractivity contribution in [1.82, 2.24) is 9.62 Å². The molecule has 8 nitrogen and oxygen atoms in total. The summed E-state index contributed by atoms with van der Waals surface area (Å²) in [6, 6.07) is 11.4. The lowest BCUT2D eigenvalue weighted by Gasteiger charge is -2.16. The van der Waals surface area contributed by atoms with Crippen LogP contribution < -0.4 is 16.0 Å². The highest BCUT2D eigenvalue weighted by Crippen LogP contribution is 2.27. The Balaban J connectivity index is 2.22. The third kappa shape index (κ3) is 6.66. The zero-order valence-electron chi connectivity index (χ0n) is 18.8. The maximum atomic E-state index is 12.5. The zero-order valence-corrected chi connectivity index (χ0v) is 19.6. The van der Waals surface area contributed by atoms with Crippen molar-refractivity contribution in [3.8, 4) is 0 Å². The zero-order chi connectivity index (χ0) is 23.7. The highest BCUT2D eigenvalue weighted by molar-refractivity contribution is 7.89. The third-order valence-electron chi connectivity index (χ3n) is 4.70. The van der Waals surface area contributed by atoms with Gasteiger partial charge in [-0.15, -0.1) is 0 Å². The molecular weight excluding hydrogens is 428 g/mol. The topological polar surface area (TPSA) is 108 Å². The number of nitrogens with zero attached hydrogens (tertiary/aromatic N) is 1. The number of carbonyl (C=O) groups is 2. The molecule has 172 valence electrons. The fourth-order valence-electron chi connectivity index (χ4n) is 2.79. The smallest absolute Gasteiger partial charge is 0.251 e. The number of amides is 2. The van der Waals surface area contributed by atoms with Crippen LogP contribution in [0.4, 0.5) is 11.4 Å². The lowest BCUT2D eigenvalue weighted by molar-refractivity contribution is -0.111. The molecular formula is C23H30N4O4S. The minimum atomic E-state index is -3.64. The van der Waals surface area contributed by atoms with Crippen molar-refractivity contribution >= 4 is 39.3 Å². The maximum Gasteiger partial charge on any atom is 0.251 e. The fraction of sp³-hybridized carbons (Fsp3) is 0.304. The summed E-state index contributed by atoms with van der Waals surface area (Å²) in [4.78, 5) is 24.2. The number of carbonyl (C=O) groups excluding carboxylic acids is 2. The molecule has 2 amide bonds. The number of benzene rings is 2. The molecule has 0 aliphatic heterocycles. The summed E-state index contributed by atoms with van der Waals surface area (Å²) in [6.07, 6.45) is 4.92. The van der Waals surface area contributed by atoms with Crippen LogP contribution in [0.5, 0.6) is 0 Å². The van der Waals surface area contributed by atoms with Crippen molar-refractivity contribution in [1.29, 1.82) is 0 Å². The van der Waals surface area contributed by atoms with Crippen molar-refractivity contribution < 1.29 is 18.0 Å². The SMILES string of the molecule is CCCCNc1ccc(S(=O)(=O)N(C)C)cc1NC(=O)/C=C/c1ccc(C(=O)NC)cc1. The molecule has 0 unspecified atom stereocenters. The van der Waals surface area contributed by atoms with Gasteiger partial charge in [-0.2, -0.15) is 0 Å². The van der Waals surface area contributed by atoms with Crippen LogP contribution in [0.1, 0.15) is 35.7 Å². The summed E-state index contributed by atoms with van der Waals surface area (Å²) >= 11 is 0. The molecule has 0 spiro atoms. The predicted molar refractivity (Wildman–Crippen MR) is 128 cm³/mol. The predicted octanol–water partition coefficient (Wildman–Crippen LogP) is 3.16. The number of anilines is 2. The van der Waals surface area contributed by atoms with Gasteiger partial charge in [0.15, 0.2) is 0 Å². The summed E-state index contributed by atoms with van der Waals surface area (Å²) in [5, 5.41) is 8.55. The van der Waals surface area contributed by atoms with Gasteiger partial charge in [0.2, 0.25) is 15.9 Å². The van der Waals surface area contributed by atoms with E-state index in [1.54, 1.807) is 43.5 Å². The Kier molecular flexibility index (Phi) is 8.98. The molecule has 2 aromatic carbocycles. The first-order valence-corrected chi connectivity index (χ1v) is 11.7. The molecule has 0 saturated heterocycles. The van der Waals surface area contributed by atoms with Gasteiger partial charge in [0, 0.05) is 39.3 Å². The van der Waals surface area contributed by atoms with E-state index in [1.807, 2.05) is 0 Å². The molecule has 0 aliphatic rings.